The molecular weight excluding hydrogens is 244 g/mol. The first kappa shape index (κ1) is 12.9. The minimum atomic E-state index is -2.60. The molecule has 1 fully saturated rings. The van der Waals surface area contributed by atoms with E-state index in [4.69, 9.17) is 0 Å². The minimum absolute atomic E-state index is 0.0518. The topological polar surface area (TPSA) is 68.0 Å². The number of halogens is 2. The number of nitrogens with one attached hydrogen (secondary N) is 1. The van der Waals surface area contributed by atoms with Crippen LogP contribution in [0.3, 0.4) is 0 Å². The highest BCUT2D eigenvalue weighted by molar-refractivity contribution is 5.92. The lowest BCUT2D eigenvalue weighted by molar-refractivity contribution is -0.0518. The van der Waals surface area contributed by atoms with Crippen molar-refractivity contribution in [2.24, 2.45) is 5.92 Å². The molecule has 1 aliphatic rings. The monoisotopic (exact) mass is 259 g/mol. The van der Waals surface area contributed by atoms with E-state index in [9.17, 15) is 13.6 Å². The van der Waals surface area contributed by atoms with E-state index in [2.05, 4.69) is 20.3 Å². The molecule has 1 N–H and O–H groups in total. The van der Waals surface area contributed by atoms with Crippen molar-refractivity contribution < 1.29 is 18.2 Å². The molecule has 1 heterocycles. The van der Waals surface area contributed by atoms with E-state index < -0.39 is 11.8 Å². The fourth-order valence-electron chi connectivity index (χ4n) is 2.21. The highest BCUT2D eigenvalue weighted by Crippen LogP contribution is 2.36. The Balaban J connectivity index is 1.85. The van der Waals surface area contributed by atoms with Gasteiger partial charge in [0.05, 0.1) is 0 Å². The van der Waals surface area contributed by atoms with Crippen LogP contribution in [0.5, 0.6) is 0 Å². The van der Waals surface area contributed by atoms with Crippen LogP contribution in [0.4, 0.5) is 8.78 Å². The highest BCUT2D eigenvalue weighted by atomic mass is 19.3. The minimum Gasteiger partial charge on any atom is -0.350 e. The zero-order chi connectivity index (χ0) is 13.2. The second kappa shape index (κ2) is 4.99. The third kappa shape index (κ3) is 3.02. The first-order valence-electron chi connectivity index (χ1n) is 5.93. The van der Waals surface area contributed by atoms with Gasteiger partial charge in [-0.2, -0.15) is 0 Å². The van der Waals surface area contributed by atoms with Crippen LogP contribution in [0.25, 0.3) is 0 Å². The Kier molecular flexibility index (Phi) is 3.58. The molecule has 1 aromatic heterocycles. The number of aromatic nitrogens is 2. The molecule has 1 unspecified atom stereocenters. The maximum atomic E-state index is 13.2. The molecule has 7 heteroatoms. The number of amides is 1. The molecule has 0 aliphatic heterocycles. The third-order valence-electron chi connectivity index (χ3n) is 3.16. The van der Waals surface area contributed by atoms with Crippen LogP contribution in [0.2, 0.25) is 0 Å². The van der Waals surface area contributed by atoms with Crippen molar-refractivity contribution in [3.05, 3.63) is 11.4 Å². The molecule has 5 nitrogen and oxygen atoms in total. The first-order valence-corrected chi connectivity index (χ1v) is 5.93. The summed E-state index contributed by atoms with van der Waals surface area (Å²) in [6, 6.07) is 0. The summed E-state index contributed by atoms with van der Waals surface area (Å²) >= 11 is 0. The van der Waals surface area contributed by atoms with Crippen LogP contribution < -0.4 is 5.32 Å². The summed E-state index contributed by atoms with van der Waals surface area (Å²) < 4.78 is 30.7. The van der Waals surface area contributed by atoms with Gasteiger partial charge in [-0.25, -0.2) is 13.4 Å². The Bertz CT molecular complexity index is 434. The van der Waals surface area contributed by atoms with Gasteiger partial charge in [0.1, 0.15) is 5.69 Å². The van der Waals surface area contributed by atoms with Gasteiger partial charge in [-0.1, -0.05) is 5.16 Å². The van der Waals surface area contributed by atoms with Gasteiger partial charge in [0, 0.05) is 19.4 Å². The Labute approximate surface area is 103 Å². The van der Waals surface area contributed by atoms with Crippen molar-refractivity contribution in [2.45, 2.75) is 38.5 Å². The lowest BCUT2D eigenvalue weighted by Gasteiger charge is -2.28. The van der Waals surface area contributed by atoms with E-state index in [1.54, 1.807) is 6.92 Å². The normalized spacial score (nSPS) is 22.7. The van der Waals surface area contributed by atoms with Crippen molar-refractivity contribution in [3.63, 3.8) is 0 Å². The summed E-state index contributed by atoms with van der Waals surface area (Å²) in [5, 5.41) is 9.55. The van der Waals surface area contributed by atoms with Gasteiger partial charge < -0.3 is 5.32 Å². The predicted octanol–water partition coefficient (Wildman–Crippen LogP) is 1.93. The molecule has 2 rings (SSSR count). The summed E-state index contributed by atoms with van der Waals surface area (Å²) in [6.07, 6.45) is 0.997. The predicted molar refractivity (Wildman–Crippen MR) is 58.3 cm³/mol. The van der Waals surface area contributed by atoms with E-state index in [-0.39, 0.29) is 31.0 Å². The van der Waals surface area contributed by atoms with Crippen LogP contribution in [0.15, 0.2) is 4.63 Å². The van der Waals surface area contributed by atoms with E-state index >= 15 is 0 Å². The number of hydrogen-bond donors (Lipinski definition) is 1. The Morgan fingerprint density at radius 1 is 1.56 bits per heavy atom. The van der Waals surface area contributed by atoms with Crippen LogP contribution in [0, 0.1) is 12.8 Å². The summed E-state index contributed by atoms with van der Waals surface area (Å²) in [7, 11) is 0. The van der Waals surface area contributed by atoms with E-state index in [1.807, 2.05) is 0 Å². The van der Waals surface area contributed by atoms with E-state index in [0.717, 1.165) is 0 Å². The summed E-state index contributed by atoms with van der Waals surface area (Å²) in [4.78, 5) is 11.7. The zero-order valence-electron chi connectivity index (χ0n) is 10.1. The van der Waals surface area contributed by atoms with Gasteiger partial charge in [-0.3, -0.25) is 4.79 Å². The van der Waals surface area contributed by atoms with Gasteiger partial charge in [0.25, 0.3) is 5.91 Å². The molecule has 1 atom stereocenters. The number of nitrogens with zero attached hydrogens (tertiary/aromatic N) is 2. The maximum Gasteiger partial charge on any atom is 0.275 e. The number of rotatable bonds is 3. The standard InChI is InChI=1S/C11H15F2N3O2/c1-7-9(16-18-15-7)10(17)14-6-8-3-2-4-11(12,13)5-8/h8H,2-6H2,1H3,(H,14,17). The largest absolute Gasteiger partial charge is 0.350 e. The molecule has 0 spiro atoms. The highest BCUT2D eigenvalue weighted by Gasteiger charge is 2.36. The van der Waals surface area contributed by atoms with Gasteiger partial charge in [-0.15, -0.1) is 0 Å². The molecule has 1 aromatic rings. The Hall–Kier alpha value is -1.53. The van der Waals surface area contributed by atoms with Crippen molar-refractivity contribution in [2.75, 3.05) is 6.54 Å². The number of carbonyl (C=O) groups is 1. The van der Waals surface area contributed by atoms with Crippen LogP contribution in [0.1, 0.15) is 41.9 Å². The average Bonchev–Trinajstić information content (AvgIpc) is 2.71. The van der Waals surface area contributed by atoms with E-state index in [1.165, 1.54) is 0 Å². The van der Waals surface area contributed by atoms with Crippen LogP contribution in [-0.4, -0.2) is 28.7 Å². The molecular formula is C11H15F2N3O2. The molecule has 1 amide bonds. The van der Waals surface area contributed by atoms with Gasteiger partial charge in [0.15, 0.2) is 5.69 Å². The average molecular weight is 259 g/mol. The third-order valence-corrected chi connectivity index (χ3v) is 3.16. The van der Waals surface area contributed by atoms with E-state index in [0.29, 0.717) is 18.5 Å². The smallest absolute Gasteiger partial charge is 0.275 e. The molecule has 0 aromatic carbocycles. The van der Waals surface area contributed by atoms with Gasteiger partial charge >= 0.3 is 0 Å². The Morgan fingerprint density at radius 3 is 2.94 bits per heavy atom. The zero-order valence-corrected chi connectivity index (χ0v) is 10.1. The lowest BCUT2D eigenvalue weighted by Crippen LogP contribution is -2.35. The SMILES string of the molecule is Cc1nonc1C(=O)NCC1CCCC(F)(F)C1. The molecule has 100 valence electrons. The molecule has 1 saturated carbocycles. The van der Waals surface area contributed by atoms with Gasteiger partial charge in [-0.05, 0) is 30.8 Å². The summed E-state index contributed by atoms with van der Waals surface area (Å²) in [6.45, 7) is 1.83. The lowest BCUT2D eigenvalue weighted by atomic mass is 9.86. The molecule has 0 saturated heterocycles. The fourth-order valence-corrected chi connectivity index (χ4v) is 2.21. The number of alkyl halides is 2. The quantitative estimate of drug-likeness (QED) is 0.900. The van der Waals surface area contributed by atoms with Crippen LogP contribution in [-0.2, 0) is 0 Å². The van der Waals surface area contributed by atoms with Crippen molar-refractivity contribution in [3.8, 4) is 0 Å². The Morgan fingerprint density at radius 2 is 2.33 bits per heavy atom. The second-order valence-electron chi connectivity index (χ2n) is 4.73. The second-order valence-corrected chi connectivity index (χ2v) is 4.73. The molecule has 0 bridgehead atoms. The fraction of sp³-hybridized carbons (Fsp3) is 0.727. The van der Waals surface area contributed by atoms with Crippen molar-refractivity contribution in [1.82, 2.24) is 15.6 Å². The number of aryl methyl sites for hydroxylation is 1. The van der Waals surface area contributed by atoms with Crippen LogP contribution >= 0.6 is 0 Å². The maximum absolute atomic E-state index is 13.2. The van der Waals surface area contributed by atoms with Gasteiger partial charge in [0.2, 0.25) is 5.92 Å². The van der Waals surface area contributed by atoms with Crippen molar-refractivity contribution >= 4 is 5.91 Å². The number of carbonyl (C=O) groups excluding carboxylic acids is 1. The summed E-state index contributed by atoms with van der Waals surface area (Å²) in [5.41, 5.74) is 0.499. The first-order chi connectivity index (χ1) is 8.48. The molecule has 0 radical (unpaired) electrons. The summed E-state index contributed by atoms with van der Waals surface area (Å²) in [5.74, 6) is -3.21. The molecule has 1 aliphatic carbocycles. The number of hydrogen-bond acceptors (Lipinski definition) is 4. The molecule has 18 heavy (non-hydrogen) atoms. The van der Waals surface area contributed by atoms with Crippen molar-refractivity contribution in [1.29, 1.82) is 0 Å².